The van der Waals surface area contributed by atoms with E-state index >= 15 is 0 Å². The minimum atomic E-state index is 0.105. The van der Waals surface area contributed by atoms with Crippen LogP contribution in [0.5, 0.6) is 5.75 Å². The molecule has 1 aromatic carbocycles. The van der Waals surface area contributed by atoms with Gasteiger partial charge in [-0.15, -0.1) is 0 Å². The number of hydrogen-bond donors (Lipinski definition) is 1. The van der Waals surface area contributed by atoms with Crippen LogP contribution in [0.4, 0.5) is 0 Å². The van der Waals surface area contributed by atoms with Crippen LogP contribution in [0.2, 0.25) is 0 Å². The molecule has 136 valence electrons. The Labute approximate surface area is 149 Å². The first-order valence-electron chi connectivity index (χ1n) is 9.25. The van der Waals surface area contributed by atoms with Gasteiger partial charge < -0.3 is 19.4 Å². The molecule has 0 aliphatic carbocycles. The van der Waals surface area contributed by atoms with Gasteiger partial charge in [0, 0.05) is 31.1 Å². The summed E-state index contributed by atoms with van der Waals surface area (Å²) in [5.41, 5.74) is 1.63. The van der Waals surface area contributed by atoms with Gasteiger partial charge in [-0.1, -0.05) is 19.8 Å². The summed E-state index contributed by atoms with van der Waals surface area (Å²) in [5.74, 6) is 1.68. The first-order valence-corrected chi connectivity index (χ1v) is 9.25. The van der Waals surface area contributed by atoms with E-state index in [-0.39, 0.29) is 5.91 Å². The van der Waals surface area contributed by atoms with Gasteiger partial charge in [0.1, 0.15) is 18.1 Å². The number of nitrogens with zero attached hydrogens (tertiary/aromatic N) is 1. The van der Waals surface area contributed by atoms with Crippen LogP contribution in [0.3, 0.4) is 0 Å². The number of benzene rings is 1. The Morgan fingerprint density at radius 2 is 2.04 bits per heavy atom. The van der Waals surface area contributed by atoms with E-state index in [1.807, 2.05) is 29.2 Å². The maximum absolute atomic E-state index is 12.8. The second-order valence-corrected chi connectivity index (χ2v) is 6.80. The van der Waals surface area contributed by atoms with Crippen LogP contribution < -0.4 is 4.74 Å². The van der Waals surface area contributed by atoms with Crippen molar-refractivity contribution in [1.29, 1.82) is 0 Å². The molecule has 1 N–H and O–H groups in total. The molecule has 1 aliphatic rings. The van der Waals surface area contributed by atoms with Gasteiger partial charge in [-0.2, -0.15) is 0 Å². The van der Waals surface area contributed by atoms with Gasteiger partial charge in [0.2, 0.25) is 0 Å². The third kappa shape index (κ3) is 4.34. The fourth-order valence-corrected chi connectivity index (χ4v) is 3.56. The molecule has 2 aromatic rings. The fourth-order valence-electron chi connectivity index (χ4n) is 3.56. The molecule has 1 fully saturated rings. The number of likely N-dealkylation sites (tertiary alicyclic amines) is 1. The molecule has 0 radical (unpaired) electrons. The topological polar surface area (TPSA) is 54.6 Å². The monoisotopic (exact) mass is 344 g/mol. The number of piperidine rings is 1. The lowest BCUT2D eigenvalue weighted by Crippen LogP contribution is -2.38. The van der Waals surface area contributed by atoms with Crippen molar-refractivity contribution >= 4 is 16.8 Å². The van der Waals surface area contributed by atoms with Crippen molar-refractivity contribution in [1.82, 2.24) is 9.88 Å². The predicted molar refractivity (Wildman–Crippen MR) is 99.2 cm³/mol. The van der Waals surface area contributed by atoms with Crippen molar-refractivity contribution in [3.8, 4) is 5.75 Å². The molecule has 0 saturated carbocycles. The van der Waals surface area contributed by atoms with E-state index in [0.29, 0.717) is 18.9 Å². The lowest BCUT2D eigenvalue weighted by Gasteiger charge is -2.31. The highest BCUT2D eigenvalue weighted by molar-refractivity contribution is 5.98. The van der Waals surface area contributed by atoms with Crippen molar-refractivity contribution in [2.45, 2.75) is 32.6 Å². The predicted octanol–water partition coefficient (Wildman–Crippen LogP) is 3.85. The Morgan fingerprint density at radius 1 is 1.24 bits per heavy atom. The number of rotatable bonds is 7. The molecule has 1 saturated heterocycles. The van der Waals surface area contributed by atoms with Gasteiger partial charge in [0.05, 0.1) is 6.61 Å². The summed E-state index contributed by atoms with van der Waals surface area (Å²) < 4.78 is 10.6. The summed E-state index contributed by atoms with van der Waals surface area (Å²) in [6.45, 7) is 5.04. The molecule has 1 aromatic heterocycles. The molecule has 5 nitrogen and oxygen atoms in total. The van der Waals surface area contributed by atoms with Crippen LogP contribution in [0.25, 0.3) is 10.9 Å². The van der Waals surface area contributed by atoms with Crippen molar-refractivity contribution in [3.05, 3.63) is 30.0 Å². The third-order valence-corrected chi connectivity index (χ3v) is 4.98. The molecule has 5 heteroatoms. The lowest BCUT2D eigenvalue weighted by atomic mass is 9.92. The Hall–Kier alpha value is -2.01. The first-order chi connectivity index (χ1) is 12.2. The molecule has 1 aliphatic heterocycles. The Bertz CT molecular complexity index is 702. The van der Waals surface area contributed by atoms with E-state index in [0.717, 1.165) is 48.5 Å². The minimum absolute atomic E-state index is 0.105. The van der Waals surface area contributed by atoms with Gasteiger partial charge in [0.25, 0.3) is 5.91 Å². The van der Waals surface area contributed by atoms with E-state index in [1.54, 1.807) is 7.11 Å². The molecule has 0 bridgehead atoms. The van der Waals surface area contributed by atoms with Crippen molar-refractivity contribution in [3.63, 3.8) is 0 Å². The summed E-state index contributed by atoms with van der Waals surface area (Å²) in [7, 11) is 1.65. The Kier molecular flexibility index (Phi) is 5.97. The van der Waals surface area contributed by atoms with E-state index < -0.39 is 0 Å². The number of amides is 1. The summed E-state index contributed by atoms with van der Waals surface area (Å²) in [4.78, 5) is 18.0. The average molecular weight is 344 g/mol. The van der Waals surface area contributed by atoms with Gasteiger partial charge >= 0.3 is 0 Å². The number of ether oxygens (including phenoxy) is 2. The molecule has 0 spiro atoms. The van der Waals surface area contributed by atoms with Crippen LogP contribution >= 0.6 is 0 Å². The fraction of sp³-hybridized carbons (Fsp3) is 0.550. The van der Waals surface area contributed by atoms with Crippen LogP contribution in [-0.4, -0.2) is 49.2 Å². The number of carbonyl (C=O) groups excluding carboxylic acids is 1. The molecule has 2 heterocycles. The standard InChI is InChI=1S/C20H28N2O3/c1-3-4-15-7-9-22(10-8-15)20(23)19-14-16-13-17(25-12-11-24-2)5-6-18(16)21-19/h5-6,13-15,21H,3-4,7-12H2,1-2H3. The quantitative estimate of drug-likeness (QED) is 0.776. The van der Waals surface area contributed by atoms with E-state index in [9.17, 15) is 4.79 Å². The largest absolute Gasteiger partial charge is 0.491 e. The van der Waals surface area contributed by atoms with Crippen LogP contribution in [0.15, 0.2) is 24.3 Å². The van der Waals surface area contributed by atoms with Crippen molar-refractivity contribution < 1.29 is 14.3 Å². The van der Waals surface area contributed by atoms with Crippen LogP contribution in [0, 0.1) is 5.92 Å². The van der Waals surface area contributed by atoms with Crippen LogP contribution in [0.1, 0.15) is 43.1 Å². The highest BCUT2D eigenvalue weighted by Gasteiger charge is 2.24. The van der Waals surface area contributed by atoms with Gasteiger partial charge in [-0.05, 0) is 43.0 Å². The molecular formula is C20H28N2O3. The summed E-state index contributed by atoms with van der Waals surface area (Å²) in [6, 6.07) is 7.77. The van der Waals surface area contributed by atoms with E-state index in [4.69, 9.17) is 9.47 Å². The molecule has 0 atom stereocenters. The third-order valence-electron chi connectivity index (χ3n) is 4.98. The summed E-state index contributed by atoms with van der Waals surface area (Å²) in [5, 5.41) is 0.999. The van der Waals surface area contributed by atoms with Crippen LogP contribution in [-0.2, 0) is 4.74 Å². The number of carbonyl (C=O) groups is 1. The first kappa shape index (κ1) is 17.8. The lowest BCUT2D eigenvalue weighted by molar-refractivity contribution is 0.0681. The normalized spacial score (nSPS) is 15.7. The van der Waals surface area contributed by atoms with Gasteiger partial charge in [0.15, 0.2) is 0 Å². The summed E-state index contributed by atoms with van der Waals surface area (Å²) in [6.07, 6.45) is 4.75. The number of fused-ring (bicyclic) bond motifs is 1. The number of H-pyrrole nitrogens is 1. The average Bonchev–Trinajstić information content (AvgIpc) is 3.05. The molecule has 25 heavy (non-hydrogen) atoms. The second-order valence-electron chi connectivity index (χ2n) is 6.80. The number of aromatic nitrogens is 1. The van der Waals surface area contributed by atoms with Crippen molar-refractivity contribution in [2.24, 2.45) is 5.92 Å². The highest BCUT2D eigenvalue weighted by Crippen LogP contribution is 2.25. The van der Waals surface area contributed by atoms with E-state index in [2.05, 4.69) is 11.9 Å². The Balaban J connectivity index is 1.66. The second kappa shape index (κ2) is 8.39. The van der Waals surface area contributed by atoms with E-state index in [1.165, 1.54) is 12.8 Å². The number of hydrogen-bond acceptors (Lipinski definition) is 3. The van der Waals surface area contributed by atoms with Gasteiger partial charge in [-0.25, -0.2) is 0 Å². The zero-order valence-electron chi connectivity index (χ0n) is 15.2. The maximum atomic E-state index is 12.8. The van der Waals surface area contributed by atoms with Gasteiger partial charge in [-0.3, -0.25) is 4.79 Å². The zero-order valence-corrected chi connectivity index (χ0v) is 15.2. The molecule has 3 rings (SSSR count). The summed E-state index contributed by atoms with van der Waals surface area (Å²) >= 11 is 0. The SMILES string of the molecule is CCCC1CCN(C(=O)c2cc3cc(OCCOC)ccc3[nH]2)CC1. The minimum Gasteiger partial charge on any atom is -0.491 e. The highest BCUT2D eigenvalue weighted by atomic mass is 16.5. The number of aromatic amines is 1. The molecule has 0 unspecified atom stereocenters. The maximum Gasteiger partial charge on any atom is 0.270 e. The smallest absolute Gasteiger partial charge is 0.270 e. The molecule has 1 amide bonds. The zero-order chi connectivity index (χ0) is 17.6. The number of nitrogens with one attached hydrogen (secondary N) is 1. The number of methoxy groups -OCH3 is 1. The molecular weight excluding hydrogens is 316 g/mol. The Morgan fingerprint density at radius 3 is 2.76 bits per heavy atom. The van der Waals surface area contributed by atoms with Crippen molar-refractivity contribution in [2.75, 3.05) is 33.4 Å².